The van der Waals surface area contributed by atoms with Crippen molar-refractivity contribution in [3.8, 4) is 0 Å². The van der Waals surface area contributed by atoms with Crippen LogP contribution in [0, 0.1) is 0 Å². The number of carbonyl (C=O) groups is 3. The number of aromatic amines is 1. The van der Waals surface area contributed by atoms with Gasteiger partial charge in [-0.15, -0.1) is 11.3 Å². The predicted octanol–water partition coefficient (Wildman–Crippen LogP) is 1.29. The molecule has 0 spiro atoms. The van der Waals surface area contributed by atoms with Crippen molar-refractivity contribution >= 4 is 61.6 Å². The van der Waals surface area contributed by atoms with Crippen molar-refractivity contribution in [1.29, 1.82) is 0 Å². The molecule has 1 saturated heterocycles. The van der Waals surface area contributed by atoms with Gasteiger partial charge in [-0.1, -0.05) is 11.6 Å². The molecule has 15 heteroatoms. The molecule has 3 N–H and O–H groups in total. The zero-order valence-electron chi connectivity index (χ0n) is 23.0. The molecular formula is C26H32ClN7O5S2. The molecule has 0 bridgehead atoms. The minimum atomic E-state index is -4.18. The van der Waals surface area contributed by atoms with Crippen molar-refractivity contribution < 1.29 is 22.8 Å². The fourth-order valence-electron chi connectivity index (χ4n) is 5.30. The van der Waals surface area contributed by atoms with E-state index in [1.54, 1.807) is 37.2 Å². The van der Waals surface area contributed by atoms with Crippen LogP contribution < -0.4 is 5.73 Å². The summed E-state index contributed by atoms with van der Waals surface area (Å²) in [7, 11) is 1.07. The van der Waals surface area contributed by atoms with Gasteiger partial charge in [-0.2, -0.15) is 4.31 Å². The zero-order valence-corrected chi connectivity index (χ0v) is 25.4. The number of piperazine rings is 1. The standard InChI is InChI=1S/C26H32ClN7O5S2/c1-31(2)23(36)11-16-13-33(8-9-34(16)26(37)24-29-20-6-7-32(3)14-21(20)40-24)41(38,39)25-18(12-22(28)35)17-10-15(27)4-5-19(17)30-25/h4-5,10,16,30H,6-9,11-14H2,1-3H3,(H2,28,35). The first kappa shape index (κ1) is 29.5. The molecular weight excluding hydrogens is 590 g/mol. The van der Waals surface area contributed by atoms with Crippen LogP contribution in [0.4, 0.5) is 0 Å². The van der Waals surface area contributed by atoms with Crippen molar-refractivity contribution in [2.45, 2.75) is 36.9 Å². The van der Waals surface area contributed by atoms with E-state index in [0.29, 0.717) is 20.9 Å². The van der Waals surface area contributed by atoms with Crippen LogP contribution in [0.3, 0.4) is 0 Å². The molecule has 0 radical (unpaired) electrons. The lowest BCUT2D eigenvalue weighted by Crippen LogP contribution is -2.57. The number of thiazole rings is 1. The highest BCUT2D eigenvalue weighted by molar-refractivity contribution is 7.89. The Morgan fingerprint density at radius 2 is 1.98 bits per heavy atom. The van der Waals surface area contributed by atoms with Gasteiger partial charge in [-0.25, -0.2) is 13.4 Å². The zero-order chi connectivity index (χ0) is 29.6. The molecule has 5 rings (SSSR count). The monoisotopic (exact) mass is 621 g/mol. The number of amides is 3. The van der Waals surface area contributed by atoms with Crippen LogP contribution >= 0.6 is 22.9 Å². The molecule has 1 atom stereocenters. The van der Waals surface area contributed by atoms with E-state index in [2.05, 4.69) is 14.9 Å². The van der Waals surface area contributed by atoms with Gasteiger partial charge >= 0.3 is 0 Å². The summed E-state index contributed by atoms with van der Waals surface area (Å²) in [6.45, 7) is 1.55. The van der Waals surface area contributed by atoms with Crippen molar-refractivity contribution in [2.24, 2.45) is 5.73 Å². The molecule has 4 heterocycles. The lowest BCUT2D eigenvalue weighted by molar-refractivity contribution is -0.130. The third-order valence-corrected chi connectivity index (χ3v) is 10.7. The molecule has 1 unspecified atom stereocenters. The summed E-state index contributed by atoms with van der Waals surface area (Å²) in [5.74, 6) is -1.23. The average Bonchev–Trinajstić information content (AvgIpc) is 3.49. The van der Waals surface area contributed by atoms with E-state index in [1.807, 2.05) is 7.05 Å². The Balaban J connectivity index is 1.47. The highest BCUT2D eigenvalue weighted by atomic mass is 35.5. The van der Waals surface area contributed by atoms with Gasteiger partial charge in [0.15, 0.2) is 10.0 Å². The summed E-state index contributed by atoms with van der Waals surface area (Å²) in [5, 5.41) is 1.07. The maximum absolute atomic E-state index is 14.0. The molecule has 1 fully saturated rings. The normalized spacial score (nSPS) is 18.4. The van der Waals surface area contributed by atoms with Crippen molar-refractivity contribution in [2.75, 3.05) is 47.3 Å². The summed E-state index contributed by atoms with van der Waals surface area (Å²) in [6, 6.07) is 4.13. The quantitative estimate of drug-likeness (QED) is 0.403. The van der Waals surface area contributed by atoms with Gasteiger partial charge in [0.2, 0.25) is 11.8 Å². The number of aromatic nitrogens is 2. The number of nitrogens with zero attached hydrogens (tertiary/aromatic N) is 5. The molecule has 3 aromatic rings. The first-order valence-corrected chi connectivity index (χ1v) is 15.8. The van der Waals surface area contributed by atoms with Crippen molar-refractivity contribution in [1.82, 2.24) is 29.0 Å². The molecule has 41 heavy (non-hydrogen) atoms. The van der Waals surface area contributed by atoms with E-state index in [-0.39, 0.29) is 54.9 Å². The molecule has 2 aliphatic rings. The van der Waals surface area contributed by atoms with Gasteiger partial charge in [-0.05, 0) is 25.2 Å². The van der Waals surface area contributed by atoms with E-state index in [9.17, 15) is 22.8 Å². The smallest absolute Gasteiger partial charge is 0.283 e. The third kappa shape index (κ3) is 5.84. The number of H-pyrrole nitrogens is 1. The Kier molecular flexibility index (Phi) is 8.14. The molecule has 2 aromatic heterocycles. The third-order valence-electron chi connectivity index (χ3n) is 7.50. The highest BCUT2D eigenvalue weighted by Gasteiger charge is 2.40. The first-order valence-electron chi connectivity index (χ1n) is 13.1. The molecule has 0 saturated carbocycles. The van der Waals surface area contributed by atoms with Gasteiger partial charge in [0.1, 0.15) is 0 Å². The Morgan fingerprint density at radius 3 is 2.68 bits per heavy atom. The highest BCUT2D eigenvalue weighted by Crippen LogP contribution is 2.32. The van der Waals surface area contributed by atoms with Crippen LogP contribution in [-0.4, -0.2) is 108 Å². The molecule has 0 aliphatic carbocycles. The fourth-order valence-corrected chi connectivity index (χ4v) is 8.30. The second-order valence-electron chi connectivity index (χ2n) is 10.7. The maximum Gasteiger partial charge on any atom is 0.283 e. The summed E-state index contributed by atoms with van der Waals surface area (Å²) in [6.07, 6.45) is 0.391. The van der Waals surface area contributed by atoms with E-state index >= 15 is 0 Å². The van der Waals surface area contributed by atoms with E-state index in [4.69, 9.17) is 17.3 Å². The van der Waals surface area contributed by atoms with Crippen LogP contribution in [0.15, 0.2) is 23.2 Å². The fraction of sp³-hybridized carbons (Fsp3) is 0.462. The SMILES string of the molecule is CN1CCc2nc(C(=O)N3CCN(S(=O)(=O)c4[nH]c5ccc(Cl)cc5c4CC(N)=O)CC3CC(=O)N(C)C)sc2C1. The van der Waals surface area contributed by atoms with E-state index in [1.165, 1.54) is 20.5 Å². The number of carbonyl (C=O) groups excluding carboxylic acids is 3. The first-order chi connectivity index (χ1) is 19.3. The summed E-state index contributed by atoms with van der Waals surface area (Å²) in [4.78, 5) is 52.1. The Hall–Kier alpha value is -3.04. The molecule has 1 aromatic carbocycles. The van der Waals surface area contributed by atoms with Gasteiger partial charge in [0.05, 0.1) is 18.2 Å². The number of hydrogen-bond donors (Lipinski definition) is 2. The minimum absolute atomic E-state index is 0.000683. The van der Waals surface area contributed by atoms with Crippen molar-refractivity contribution in [3.05, 3.63) is 44.4 Å². The Labute approximate surface area is 247 Å². The van der Waals surface area contributed by atoms with E-state index in [0.717, 1.165) is 30.1 Å². The van der Waals surface area contributed by atoms with Gasteiger partial charge in [-0.3, -0.25) is 14.4 Å². The van der Waals surface area contributed by atoms with Crippen LogP contribution in [0.1, 0.15) is 32.4 Å². The Bertz CT molecular complexity index is 1630. The molecule has 3 amide bonds. The minimum Gasteiger partial charge on any atom is -0.369 e. The van der Waals surface area contributed by atoms with Gasteiger partial charge in [0, 0.05) is 86.0 Å². The number of primary amides is 1. The number of hydrogen-bond acceptors (Lipinski definition) is 8. The van der Waals surface area contributed by atoms with Crippen LogP contribution in [0.2, 0.25) is 5.02 Å². The second-order valence-corrected chi connectivity index (χ2v) is 14.0. The number of rotatable bonds is 7. The van der Waals surface area contributed by atoms with Crippen LogP contribution in [0.5, 0.6) is 0 Å². The summed E-state index contributed by atoms with van der Waals surface area (Å²) >= 11 is 7.51. The average molecular weight is 622 g/mol. The Morgan fingerprint density at radius 1 is 1.22 bits per heavy atom. The maximum atomic E-state index is 14.0. The van der Waals surface area contributed by atoms with E-state index < -0.39 is 22.0 Å². The number of fused-ring (bicyclic) bond motifs is 2. The largest absolute Gasteiger partial charge is 0.369 e. The number of nitrogens with two attached hydrogens (primary N) is 1. The van der Waals surface area contributed by atoms with Crippen LogP contribution in [0.25, 0.3) is 10.9 Å². The predicted molar refractivity (Wildman–Crippen MR) is 155 cm³/mol. The van der Waals surface area contributed by atoms with Gasteiger partial charge in [0.25, 0.3) is 15.9 Å². The topological polar surface area (TPSA) is 153 Å². The summed E-state index contributed by atoms with van der Waals surface area (Å²) in [5.41, 5.74) is 7.11. The lowest BCUT2D eigenvalue weighted by Gasteiger charge is -2.40. The molecule has 2 aliphatic heterocycles. The lowest BCUT2D eigenvalue weighted by atomic mass is 10.1. The number of sulfonamides is 1. The summed E-state index contributed by atoms with van der Waals surface area (Å²) < 4.78 is 29.3. The molecule has 12 nitrogen and oxygen atoms in total. The number of halogens is 1. The number of likely N-dealkylation sites (N-methyl/N-ethyl adjacent to an activating group) is 1. The van der Waals surface area contributed by atoms with Gasteiger partial charge < -0.3 is 25.4 Å². The van der Waals surface area contributed by atoms with Crippen LogP contribution in [-0.2, 0) is 39.0 Å². The number of nitrogens with one attached hydrogen (secondary N) is 1. The number of benzene rings is 1. The second kappa shape index (κ2) is 11.3. The molecule has 220 valence electrons. The van der Waals surface area contributed by atoms with Crippen molar-refractivity contribution in [3.63, 3.8) is 0 Å².